The van der Waals surface area contributed by atoms with E-state index in [9.17, 15) is 23.1 Å². The van der Waals surface area contributed by atoms with Crippen molar-refractivity contribution in [1.82, 2.24) is 9.88 Å². The van der Waals surface area contributed by atoms with Gasteiger partial charge in [0.25, 0.3) is 0 Å². The van der Waals surface area contributed by atoms with Gasteiger partial charge in [0.05, 0.1) is 48.6 Å². The highest BCUT2D eigenvalue weighted by atomic mass is 19.4. The van der Waals surface area contributed by atoms with Crippen LogP contribution >= 0.6 is 0 Å². The Balaban J connectivity index is 1.18. The van der Waals surface area contributed by atoms with E-state index in [2.05, 4.69) is 11.0 Å². The minimum Gasteiger partial charge on any atom is -0.488 e. The molecule has 0 bridgehead atoms. The van der Waals surface area contributed by atoms with Crippen LogP contribution in [0.15, 0.2) is 48.5 Å². The zero-order chi connectivity index (χ0) is 31.5. The van der Waals surface area contributed by atoms with Gasteiger partial charge in [0.1, 0.15) is 18.2 Å². The number of carbonyl (C=O) groups is 1. The Morgan fingerprint density at radius 3 is 2.69 bits per heavy atom. The van der Waals surface area contributed by atoms with Crippen LogP contribution in [-0.2, 0) is 40.0 Å². The number of aromatic nitrogens is 1. The number of hydrogen-bond acceptors (Lipinski definition) is 7. The molecule has 1 aliphatic carbocycles. The van der Waals surface area contributed by atoms with Gasteiger partial charge in [0, 0.05) is 32.3 Å². The van der Waals surface area contributed by atoms with Gasteiger partial charge in [-0.1, -0.05) is 24.3 Å². The fourth-order valence-electron chi connectivity index (χ4n) is 7.48. The maximum atomic E-state index is 14.3. The fraction of sp³-hybridized carbons (Fsp3) is 0.471. The van der Waals surface area contributed by atoms with E-state index in [0.717, 1.165) is 49.9 Å². The number of aliphatic carboxylic acids is 1. The van der Waals surface area contributed by atoms with Crippen molar-refractivity contribution in [2.75, 3.05) is 44.9 Å². The molecular formula is C34H36F3N3O5. The van der Waals surface area contributed by atoms with Gasteiger partial charge >= 0.3 is 12.1 Å². The quantitative estimate of drug-likeness (QED) is 0.342. The number of carboxylic acid groups (broad SMARTS) is 1. The summed E-state index contributed by atoms with van der Waals surface area (Å²) in [6, 6.07) is 13.2. The summed E-state index contributed by atoms with van der Waals surface area (Å²) in [5.74, 6) is -0.660. The number of aryl methyl sites for hydroxylation is 1. The van der Waals surface area contributed by atoms with E-state index in [1.165, 1.54) is 24.3 Å². The molecule has 1 N–H and O–H groups in total. The number of alkyl halides is 3. The number of hydrogen-bond donors (Lipinski definition) is 1. The standard InChI is InChI=1S/C34H36F3N3O5/c1-20-11-21(12-22-9-10-39(15-26(20)22)24-17-44-18-24)16-45-31-25(5-3-6-27(31)34(35,36)37)28-7-4-8-30(38-28)40-14-23-13-33(23,32(41)42)29(40)19-43-2/h3-8,11-12,23-24,29H,9-10,13-19H2,1-2H3,(H,41,42)/t23-,29+,33+/m0/s1. The van der Waals surface area contributed by atoms with Crippen LogP contribution in [0.2, 0.25) is 0 Å². The first-order valence-electron chi connectivity index (χ1n) is 15.3. The SMILES string of the molecule is COC[C@H]1N(c2cccc(-c3cccc(C(F)(F)F)c3OCc3cc(C)c4c(c3)CCN(C3COC3)C4)n2)C[C@@H]2C[C@@]21C(=O)O. The van der Waals surface area contributed by atoms with Crippen LogP contribution in [-0.4, -0.2) is 73.1 Å². The number of pyridine rings is 1. The molecule has 2 saturated heterocycles. The van der Waals surface area contributed by atoms with Crippen LogP contribution in [0.25, 0.3) is 11.3 Å². The Kier molecular flexibility index (Phi) is 7.53. The van der Waals surface area contributed by atoms with Crippen LogP contribution in [0.3, 0.4) is 0 Å². The minimum absolute atomic E-state index is 0.0246. The molecule has 0 amide bonds. The normalized spacial score (nSPS) is 24.6. The van der Waals surface area contributed by atoms with Gasteiger partial charge in [-0.05, 0) is 72.2 Å². The van der Waals surface area contributed by atoms with E-state index in [1.807, 2.05) is 17.9 Å². The van der Waals surface area contributed by atoms with Crippen molar-refractivity contribution in [2.24, 2.45) is 11.3 Å². The maximum absolute atomic E-state index is 14.3. The highest BCUT2D eigenvalue weighted by molar-refractivity contribution is 5.82. The van der Waals surface area contributed by atoms with Crippen molar-refractivity contribution in [3.8, 4) is 17.0 Å². The number of rotatable bonds is 9. The predicted octanol–water partition coefficient (Wildman–Crippen LogP) is 5.34. The molecule has 2 aromatic carbocycles. The summed E-state index contributed by atoms with van der Waals surface area (Å²) in [4.78, 5) is 21.3. The first-order chi connectivity index (χ1) is 21.6. The second-order valence-electron chi connectivity index (χ2n) is 12.7. The monoisotopic (exact) mass is 623 g/mol. The molecule has 238 valence electrons. The van der Waals surface area contributed by atoms with Crippen molar-refractivity contribution in [3.05, 3.63) is 76.3 Å². The number of anilines is 1. The largest absolute Gasteiger partial charge is 0.488 e. The lowest BCUT2D eigenvalue weighted by Crippen LogP contribution is -2.50. The second kappa shape index (κ2) is 11.3. The van der Waals surface area contributed by atoms with E-state index in [0.29, 0.717) is 30.5 Å². The highest BCUT2D eigenvalue weighted by Gasteiger charge is 2.71. The Labute approximate surface area is 259 Å². The Morgan fingerprint density at radius 1 is 1.18 bits per heavy atom. The smallest absolute Gasteiger partial charge is 0.419 e. The number of ether oxygens (including phenoxy) is 3. The zero-order valence-corrected chi connectivity index (χ0v) is 25.3. The minimum atomic E-state index is -4.64. The van der Waals surface area contributed by atoms with Crippen molar-refractivity contribution in [2.45, 2.75) is 51.2 Å². The number of carboxylic acids is 1. The van der Waals surface area contributed by atoms with Crippen LogP contribution in [0, 0.1) is 18.3 Å². The average Bonchev–Trinajstić information content (AvgIpc) is 3.63. The fourth-order valence-corrected chi connectivity index (χ4v) is 7.48. The molecule has 0 radical (unpaired) electrons. The molecule has 3 fully saturated rings. The molecule has 1 aromatic heterocycles. The van der Waals surface area contributed by atoms with Crippen molar-refractivity contribution in [1.29, 1.82) is 0 Å². The number of halogens is 3. The van der Waals surface area contributed by atoms with Crippen LogP contribution in [0.4, 0.5) is 19.0 Å². The molecule has 0 unspecified atom stereocenters. The third kappa shape index (κ3) is 5.24. The number of piperidine rings is 1. The van der Waals surface area contributed by atoms with Crippen molar-refractivity contribution in [3.63, 3.8) is 0 Å². The third-order valence-electron chi connectivity index (χ3n) is 10.1. The molecule has 3 aliphatic heterocycles. The molecule has 7 rings (SSSR count). The van der Waals surface area contributed by atoms with E-state index in [4.69, 9.17) is 19.2 Å². The van der Waals surface area contributed by atoms with Gasteiger partial charge < -0.3 is 24.2 Å². The Morgan fingerprint density at radius 2 is 1.98 bits per heavy atom. The lowest BCUT2D eigenvalue weighted by Gasteiger charge is -2.40. The summed E-state index contributed by atoms with van der Waals surface area (Å²) < 4.78 is 59.8. The van der Waals surface area contributed by atoms with Gasteiger partial charge in [-0.15, -0.1) is 0 Å². The topological polar surface area (TPSA) is 84.4 Å². The van der Waals surface area contributed by atoms with E-state index in [1.54, 1.807) is 24.3 Å². The molecular weight excluding hydrogens is 587 g/mol. The molecule has 1 saturated carbocycles. The van der Waals surface area contributed by atoms with Crippen LogP contribution < -0.4 is 9.64 Å². The van der Waals surface area contributed by atoms with E-state index >= 15 is 0 Å². The first-order valence-corrected chi connectivity index (χ1v) is 15.3. The van der Waals surface area contributed by atoms with Gasteiger partial charge in [-0.3, -0.25) is 9.69 Å². The molecule has 45 heavy (non-hydrogen) atoms. The molecule has 3 aromatic rings. The van der Waals surface area contributed by atoms with E-state index < -0.39 is 29.2 Å². The van der Waals surface area contributed by atoms with Crippen molar-refractivity contribution >= 4 is 11.8 Å². The predicted molar refractivity (Wildman–Crippen MR) is 160 cm³/mol. The van der Waals surface area contributed by atoms with Gasteiger partial charge in [0.15, 0.2) is 0 Å². The summed E-state index contributed by atoms with van der Waals surface area (Å²) >= 11 is 0. The molecule has 11 heteroatoms. The molecule has 0 spiro atoms. The number of nitrogens with zero attached hydrogens (tertiary/aromatic N) is 3. The molecule has 4 aliphatic rings. The lowest BCUT2D eigenvalue weighted by molar-refractivity contribution is -0.144. The number of benzene rings is 2. The third-order valence-corrected chi connectivity index (χ3v) is 10.1. The summed E-state index contributed by atoms with van der Waals surface area (Å²) in [5.41, 5.74) is 3.16. The summed E-state index contributed by atoms with van der Waals surface area (Å²) in [6.45, 7) is 6.00. The summed E-state index contributed by atoms with van der Waals surface area (Å²) in [6.07, 6.45) is -3.20. The molecule has 8 nitrogen and oxygen atoms in total. The maximum Gasteiger partial charge on any atom is 0.419 e. The van der Waals surface area contributed by atoms with Crippen molar-refractivity contribution < 1.29 is 37.3 Å². The average molecular weight is 624 g/mol. The van der Waals surface area contributed by atoms with Crippen LogP contribution in [0.5, 0.6) is 5.75 Å². The van der Waals surface area contributed by atoms with Gasteiger partial charge in [0.2, 0.25) is 0 Å². The Hall–Kier alpha value is -3.67. The molecule has 3 atom stereocenters. The summed E-state index contributed by atoms with van der Waals surface area (Å²) in [7, 11) is 1.53. The molecule has 4 heterocycles. The van der Waals surface area contributed by atoms with E-state index in [-0.39, 0.29) is 30.4 Å². The van der Waals surface area contributed by atoms with Crippen LogP contribution in [0.1, 0.15) is 34.2 Å². The van der Waals surface area contributed by atoms with Gasteiger partial charge in [-0.2, -0.15) is 13.2 Å². The number of para-hydroxylation sites is 1. The zero-order valence-electron chi connectivity index (χ0n) is 25.3. The van der Waals surface area contributed by atoms with Gasteiger partial charge in [-0.25, -0.2) is 4.98 Å². The number of methoxy groups -OCH3 is 1. The lowest BCUT2D eigenvalue weighted by atomic mass is 9.92. The summed E-state index contributed by atoms with van der Waals surface area (Å²) in [5, 5.41) is 10.0. The first kappa shape index (κ1) is 30.0. The number of fused-ring (bicyclic) bond motifs is 2. The Bertz CT molecular complexity index is 1630. The highest BCUT2D eigenvalue weighted by Crippen LogP contribution is 2.62. The second-order valence-corrected chi connectivity index (χ2v) is 12.7.